The second kappa shape index (κ2) is 8.43. The molecule has 1 aliphatic rings. The highest BCUT2D eigenvalue weighted by Crippen LogP contribution is 2.34. The molecule has 0 radical (unpaired) electrons. The van der Waals surface area contributed by atoms with Crippen molar-refractivity contribution in [3.63, 3.8) is 0 Å². The fraction of sp³-hybridized carbons (Fsp3) is 0.192. The molecular formula is C26H23N3O4. The normalized spacial score (nSPS) is 13.2. The average molecular weight is 441 g/mol. The van der Waals surface area contributed by atoms with E-state index in [9.17, 15) is 9.59 Å². The lowest BCUT2D eigenvalue weighted by Gasteiger charge is -2.29. The molecule has 0 spiro atoms. The first-order valence-corrected chi connectivity index (χ1v) is 10.8. The second-order valence-corrected chi connectivity index (χ2v) is 7.87. The lowest BCUT2D eigenvalue weighted by Crippen LogP contribution is -2.36. The number of para-hydroxylation sites is 2. The Morgan fingerprint density at radius 2 is 1.76 bits per heavy atom. The number of hydrogen-bond acceptors (Lipinski definition) is 5. The molecule has 1 unspecified atom stereocenters. The molecule has 7 nitrogen and oxygen atoms in total. The highest BCUT2D eigenvalue weighted by Gasteiger charge is 2.28. The number of ether oxygens (including phenoxy) is 2. The summed E-state index contributed by atoms with van der Waals surface area (Å²) in [7, 11) is 1.73. The Balaban J connectivity index is 1.63. The van der Waals surface area contributed by atoms with Gasteiger partial charge in [-0.3, -0.25) is 14.2 Å². The first-order chi connectivity index (χ1) is 16.1. The largest absolute Gasteiger partial charge is 0.454 e. The van der Waals surface area contributed by atoms with Crippen LogP contribution < -0.4 is 15.0 Å². The van der Waals surface area contributed by atoms with Gasteiger partial charge in [0.2, 0.25) is 6.79 Å². The van der Waals surface area contributed by atoms with Crippen LogP contribution in [0.25, 0.3) is 16.6 Å². The molecule has 1 amide bonds. The molecular weight excluding hydrogens is 418 g/mol. The van der Waals surface area contributed by atoms with Gasteiger partial charge in [-0.15, -0.1) is 0 Å². The van der Waals surface area contributed by atoms with E-state index in [4.69, 9.17) is 14.5 Å². The number of hydrogen-bond donors (Lipinski definition) is 0. The van der Waals surface area contributed by atoms with E-state index in [0.29, 0.717) is 45.9 Å². The van der Waals surface area contributed by atoms with Crippen LogP contribution in [0.4, 0.5) is 0 Å². The number of rotatable bonds is 5. The molecule has 4 aromatic rings. The van der Waals surface area contributed by atoms with E-state index in [1.165, 1.54) is 0 Å². The molecule has 0 bridgehead atoms. The number of carbonyl (C=O) groups excluding carboxylic acids is 1. The Morgan fingerprint density at radius 1 is 1.03 bits per heavy atom. The minimum atomic E-state index is -0.430. The zero-order chi connectivity index (χ0) is 22.9. The van der Waals surface area contributed by atoms with Gasteiger partial charge < -0.3 is 14.4 Å². The fourth-order valence-corrected chi connectivity index (χ4v) is 4.20. The van der Waals surface area contributed by atoms with Gasteiger partial charge in [-0.1, -0.05) is 37.3 Å². The third-order valence-corrected chi connectivity index (χ3v) is 5.91. The lowest BCUT2D eigenvalue weighted by atomic mass is 10.1. The van der Waals surface area contributed by atoms with Gasteiger partial charge in [0.15, 0.2) is 11.5 Å². The number of carbonyl (C=O) groups is 1. The highest BCUT2D eigenvalue weighted by molar-refractivity contribution is 5.95. The van der Waals surface area contributed by atoms with Gasteiger partial charge in [0.05, 0.1) is 22.6 Å². The van der Waals surface area contributed by atoms with Gasteiger partial charge in [0, 0.05) is 12.6 Å². The maximum absolute atomic E-state index is 13.5. The molecule has 1 atom stereocenters. The summed E-state index contributed by atoms with van der Waals surface area (Å²) in [5, 5.41) is 0.532. The monoisotopic (exact) mass is 441 g/mol. The van der Waals surface area contributed by atoms with E-state index in [2.05, 4.69) is 0 Å². The van der Waals surface area contributed by atoms with Crippen LogP contribution in [0.1, 0.15) is 35.6 Å². The minimum Gasteiger partial charge on any atom is -0.454 e. The Morgan fingerprint density at radius 3 is 2.55 bits per heavy atom. The van der Waals surface area contributed by atoms with E-state index in [1.54, 1.807) is 40.8 Å². The van der Waals surface area contributed by atoms with E-state index in [-0.39, 0.29) is 18.3 Å². The molecule has 2 heterocycles. The van der Waals surface area contributed by atoms with Gasteiger partial charge >= 0.3 is 0 Å². The van der Waals surface area contributed by atoms with Crippen LogP contribution in [0.2, 0.25) is 0 Å². The molecule has 1 aliphatic heterocycles. The Labute approximate surface area is 190 Å². The SMILES string of the molecule is CCC(c1nc2ccccc2c(=O)n1-c1ccccc1)N(C)C(=O)c1ccc2c(c1)OCO2. The van der Waals surface area contributed by atoms with Crippen LogP contribution in [-0.4, -0.2) is 34.2 Å². The third-order valence-electron chi connectivity index (χ3n) is 5.91. The molecule has 0 saturated carbocycles. The summed E-state index contributed by atoms with van der Waals surface area (Å²) in [4.78, 5) is 33.5. The molecule has 33 heavy (non-hydrogen) atoms. The summed E-state index contributed by atoms with van der Waals surface area (Å²) < 4.78 is 12.4. The second-order valence-electron chi connectivity index (χ2n) is 7.87. The maximum atomic E-state index is 13.5. The molecule has 1 aromatic heterocycles. The first-order valence-electron chi connectivity index (χ1n) is 10.8. The van der Waals surface area contributed by atoms with E-state index in [0.717, 1.165) is 0 Å². The van der Waals surface area contributed by atoms with Gasteiger partial charge in [0.1, 0.15) is 5.82 Å². The van der Waals surface area contributed by atoms with E-state index < -0.39 is 6.04 Å². The smallest absolute Gasteiger partial charge is 0.266 e. The van der Waals surface area contributed by atoms with Crippen molar-refractivity contribution in [3.8, 4) is 17.2 Å². The molecule has 5 rings (SSSR count). The molecule has 3 aromatic carbocycles. The first kappa shape index (κ1) is 20.8. The van der Waals surface area contributed by atoms with Crippen molar-refractivity contribution in [2.75, 3.05) is 13.8 Å². The number of aromatic nitrogens is 2. The fourth-order valence-electron chi connectivity index (χ4n) is 4.20. The Kier molecular flexibility index (Phi) is 5.30. The summed E-state index contributed by atoms with van der Waals surface area (Å²) in [6, 6.07) is 21.4. The standard InChI is InChI=1S/C26H23N3O4/c1-3-21(28(2)25(30)17-13-14-22-23(15-17)33-16-32-22)24-27-20-12-8-7-11-19(20)26(31)29(24)18-9-5-4-6-10-18/h4-15,21H,3,16H2,1-2H3. The lowest BCUT2D eigenvalue weighted by molar-refractivity contribution is 0.0716. The molecule has 0 saturated heterocycles. The van der Waals surface area contributed by atoms with Crippen LogP contribution in [0.3, 0.4) is 0 Å². The van der Waals surface area contributed by atoms with Crippen LogP contribution in [0, 0.1) is 0 Å². The number of benzene rings is 3. The van der Waals surface area contributed by atoms with Crippen molar-refractivity contribution >= 4 is 16.8 Å². The summed E-state index contributed by atoms with van der Waals surface area (Å²) in [5.74, 6) is 1.49. The van der Waals surface area contributed by atoms with Gasteiger partial charge in [-0.2, -0.15) is 0 Å². The van der Waals surface area contributed by atoms with Crippen LogP contribution in [0.5, 0.6) is 11.5 Å². The molecule has 0 fully saturated rings. The van der Waals surface area contributed by atoms with Crippen LogP contribution >= 0.6 is 0 Å². The predicted molar refractivity (Wildman–Crippen MR) is 125 cm³/mol. The van der Waals surface area contributed by atoms with Crippen molar-refractivity contribution in [2.24, 2.45) is 0 Å². The van der Waals surface area contributed by atoms with Gasteiger partial charge in [-0.25, -0.2) is 4.98 Å². The Hall–Kier alpha value is -4.13. The minimum absolute atomic E-state index is 0.144. The van der Waals surface area contributed by atoms with Crippen LogP contribution in [-0.2, 0) is 0 Å². The van der Waals surface area contributed by atoms with Gasteiger partial charge in [-0.05, 0) is 48.9 Å². The van der Waals surface area contributed by atoms with Crippen molar-refractivity contribution < 1.29 is 14.3 Å². The Bertz CT molecular complexity index is 1400. The van der Waals surface area contributed by atoms with Crippen molar-refractivity contribution in [2.45, 2.75) is 19.4 Å². The quantitative estimate of drug-likeness (QED) is 0.461. The van der Waals surface area contributed by atoms with E-state index in [1.807, 2.05) is 55.5 Å². The summed E-state index contributed by atoms with van der Waals surface area (Å²) in [6.07, 6.45) is 0.574. The predicted octanol–water partition coefficient (Wildman–Crippen LogP) is 4.34. The van der Waals surface area contributed by atoms with Crippen molar-refractivity contribution in [3.05, 3.63) is 94.5 Å². The number of nitrogens with zero attached hydrogens (tertiary/aromatic N) is 3. The van der Waals surface area contributed by atoms with Crippen molar-refractivity contribution in [1.82, 2.24) is 14.5 Å². The molecule has 0 N–H and O–H groups in total. The van der Waals surface area contributed by atoms with Crippen LogP contribution in [0.15, 0.2) is 77.6 Å². The summed E-state index contributed by atoms with van der Waals surface area (Å²) in [5.41, 5.74) is 1.63. The van der Waals surface area contributed by atoms with E-state index >= 15 is 0 Å². The number of fused-ring (bicyclic) bond motifs is 2. The molecule has 0 aliphatic carbocycles. The third kappa shape index (κ3) is 3.61. The zero-order valence-electron chi connectivity index (χ0n) is 18.4. The van der Waals surface area contributed by atoms with Gasteiger partial charge in [0.25, 0.3) is 11.5 Å². The average Bonchev–Trinajstić information content (AvgIpc) is 3.33. The maximum Gasteiger partial charge on any atom is 0.266 e. The number of amides is 1. The molecule has 166 valence electrons. The zero-order valence-corrected chi connectivity index (χ0v) is 18.4. The topological polar surface area (TPSA) is 73.7 Å². The molecule has 7 heteroatoms. The highest BCUT2D eigenvalue weighted by atomic mass is 16.7. The summed E-state index contributed by atoms with van der Waals surface area (Å²) >= 11 is 0. The summed E-state index contributed by atoms with van der Waals surface area (Å²) in [6.45, 7) is 2.12. The van der Waals surface area contributed by atoms with Crippen molar-refractivity contribution in [1.29, 1.82) is 0 Å².